The van der Waals surface area contributed by atoms with Crippen molar-refractivity contribution in [1.82, 2.24) is 0 Å². The first-order valence-corrected chi connectivity index (χ1v) is 44.8. The summed E-state index contributed by atoms with van der Waals surface area (Å²) in [5.41, 5.74) is 0. The van der Waals surface area contributed by atoms with Gasteiger partial charge in [0, 0.05) is 25.7 Å². The van der Waals surface area contributed by atoms with Crippen LogP contribution in [0.4, 0.5) is 0 Å². The Bertz CT molecular complexity index is 2480. The molecular weight excluding hydrogens is 1380 g/mol. The van der Waals surface area contributed by atoms with Crippen molar-refractivity contribution >= 4 is 39.5 Å². The molecule has 3 N–H and O–H groups in total. The van der Waals surface area contributed by atoms with Crippen LogP contribution in [0.25, 0.3) is 0 Å². The summed E-state index contributed by atoms with van der Waals surface area (Å²) in [6.07, 6.45) is 87.3. The van der Waals surface area contributed by atoms with Gasteiger partial charge in [-0.25, -0.2) is 9.13 Å². The molecule has 0 spiro atoms. The number of hydrogen-bond acceptors (Lipinski definition) is 15. The van der Waals surface area contributed by atoms with Gasteiger partial charge in [0.25, 0.3) is 0 Å². The lowest BCUT2D eigenvalue weighted by atomic mass is 10.0. The Kier molecular flexibility index (Phi) is 75.2. The minimum Gasteiger partial charge on any atom is -0.462 e. The van der Waals surface area contributed by atoms with Crippen LogP contribution in [0.2, 0.25) is 0 Å². The Morgan fingerprint density at radius 3 is 0.774 bits per heavy atom. The van der Waals surface area contributed by atoms with E-state index < -0.39 is 97.5 Å². The lowest BCUT2D eigenvalue weighted by molar-refractivity contribution is -0.161. The molecule has 5 unspecified atom stereocenters. The van der Waals surface area contributed by atoms with Crippen molar-refractivity contribution in [2.24, 2.45) is 0 Å². The number of carbonyl (C=O) groups is 4. The smallest absolute Gasteiger partial charge is 0.462 e. The highest BCUT2D eigenvalue weighted by Crippen LogP contribution is 2.45. The standard InChI is InChI=1S/C87H150O17P2/c1-5-9-13-17-21-25-29-33-37-39-40-42-46-48-52-56-60-64-68-72-85(90)98-78-83(104-87(92)74-70-66-62-58-54-50-44-36-32-28-24-20-16-12-8-4)80-102-106(95,96)100-76-81(88)75-99-105(93,94)101-79-82(103-86(91)73-69-65-61-57-53-49-43-35-31-27-23-19-15-11-7-3)77-97-84(89)71-67-63-59-55-51-47-45-41-38-34-30-26-22-18-14-10-6-2/h10,12,14,16,21-22,24-26,28,33-34,36-38,40,42,44-45,47,81-83,88H,5-9,11,13,15,17-20,23,27,29-32,35,39,41,43,46,48-80H2,1-4H3,(H,93,94)(H,95,96)/b14-10-,16-12-,25-21-,26-22-,28-24-,37-33-,38-34-,42-40-,44-36-,47-45-. The number of hydrogen-bond donors (Lipinski definition) is 3. The second-order valence-electron chi connectivity index (χ2n) is 27.7. The molecule has 19 heteroatoms. The van der Waals surface area contributed by atoms with Gasteiger partial charge >= 0.3 is 39.5 Å². The van der Waals surface area contributed by atoms with E-state index in [1.807, 2.05) is 0 Å². The van der Waals surface area contributed by atoms with Gasteiger partial charge in [-0.15, -0.1) is 0 Å². The van der Waals surface area contributed by atoms with E-state index >= 15 is 0 Å². The monoisotopic (exact) mass is 1530 g/mol. The SMILES string of the molecule is CC/C=C\C/C=C\C/C=C\C/C=C\CCCCCCC(=O)OCC(COP(=O)(O)OCC(O)COP(=O)(O)OCC(COC(=O)CCCCCCCC/C=C\C/C=C\C/C=C\CCCCC)OC(=O)CCCCCCC/C=C\C/C=C\C/C=C\CC)OC(=O)CCCCCCCCCCCCCCCCC. The minimum atomic E-state index is -4.99. The Hall–Kier alpha value is -4.54. The molecule has 106 heavy (non-hydrogen) atoms. The molecule has 0 heterocycles. The average molecular weight is 1530 g/mol. The average Bonchev–Trinajstić information content (AvgIpc) is 0.928. The number of ether oxygens (including phenoxy) is 4. The quantitative estimate of drug-likeness (QED) is 0.0169. The third-order valence-electron chi connectivity index (χ3n) is 17.4. The van der Waals surface area contributed by atoms with Crippen molar-refractivity contribution < 1.29 is 80.2 Å². The lowest BCUT2D eigenvalue weighted by Gasteiger charge is -2.21. The molecule has 5 atom stereocenters. The zero-order chi connectivity index (χ0) is 77.4. The van der Waals surface area contributed by atoms with Crippen molar-refractivity contribution in [3.63, 3.8) is 0 Å². The summed E-state index contributed by atoms with van der Waals surface area (Å²) in [7, 11) is -9.98. The van der Waals surface area contributed by atoms with Crippen molar-refractivity contribution in [1.29, 1.82) is 0 Å². The highest BCUT2D eigenvalue weighted by atomic mass is 31.2. The van der Waals surface area contributed by atoms with Crippen LogP contribution < -0.4 is 0 Å². The normalized spacial score (nSPS) is 14.4. The molecule has 0 aromatic carbocycles. The maximum Gasteiger partial charge on any atom is 0.472 e. The van der Waals surface area contributed by atoms with Gasteiger partial charge in [0.2, 0.25) is 0 Å². The van der Waals surface area contributed by atoms with E-state index in [1.54, 1.807) is 0 Å². The van der Waals surface area contributed by atoms with Crippen molar-refractivity contribution in [2.45, 2.75) is 367 Å². The minimum absolute atomic E-state index is 0.0706. The number of phosphoric acid groups is 2. The van der Waals surface area contributed by atoms with Crippen LogP contribution in [-0.2, 0) is 65.4 Å². The Balaban J connectivity index is 5.39. The first-order valence-electron chi connectivity index (χ1n) is 41.8. The molecule has 0 aliphatic rings. The van der Waals surface area contributed by atoms with Crippen LogP contribution in [0, 0.1) is 0 Å². The second-order valence-corrected chi connectivity index (χ2v) is 30.6. The van der Waals surface area contributed by atoms with Gasteiger partial charge in [-0.1, -0.05) is 310 Å². The van der Waals surface area contributed by atoms with Crippen LogP contribution in [0.15, 0.2) is 122 Å². The zero-order valence-corrected chi connectivity index (χ0v) is 68.6. The third-order valence-corrected chi connectivity index (χ3v) is 19.3. The molecule has 0 aliphatic carbocycles. The van der Waals surface area contributed by atoms with Gasteiger partial charge in [-0.3, -0.25) is 37.3 Å². The van der Waals surface area contributed by atoms with Crippen molar-refractivity contribution in [3.8, 4) is 0 Å². The van der Waals surface area contributed by atoms with Gasteiger partial charge < -0.3 is 33.8 Å². The fraction of sp³-hybridized carbons (Fsp3) is 0.724. The summed E-state index contributed by atoms with van der Waals surface area (Å²) in [4.78, 5) is 73.2. The predicted octanol–water partition coefficient (Wildman–Crippen LogP) is 24.7. The van der Waals surface area contributed by atoms with Gasteiger partial charge in [-0.05, 0) is 135 Å². The first kappa shape index (κ1) is 101. The zero-order valence-electron chi connectivity index (χ0n) is 66.8. The number of allylic oxidation sites excluding steroid dienone is 20. The summed E-state index contributed by atoms with van der Waals surface area (Å²) in [5.74, 6) is -2.22. The van der Waals surface area contributed by atoms with E-state index in [1.165, 1.54) is 83.5 Å². The maximum atomic E-state index is 13.1. The van der Waals surface area contributed by atoms with Gasteiger partial charge in [0.1, 0.15) is 19.3 Å². The second kappa shape index (κ2) is 78.6. The first-order chi connectivity index (χ1) is 51.7. The Morgan fingerprint density at radius 1 is 0.274 bits per heavy atom. The van der Waals surface area contributed by atoms with E-state index in [0.29, 0.717) is 25.7 Å². The number of esters is 4. The molecule has 0 aromatic rings. The largest absolute Gasteiger partial charge is 0.472 e. The Labute approximate surface area is 644 Å². The summed E-state index contributed by atoms with van der Waals surface area (Å²) in [6, 6.07) is 0. The molecule has 0 fully saturated rings. The van der Waals surface area contributed by atoms with E-state index in [-0.39, 0.29) is 25.7 Å². The van der Waals surface area contributed by atoms with Crippen LogP contribution in [-0.4, -0.2) is 96.7 Å². The number of carbonyl (C=O) groups excluding carboxylic acids is 4. The molecule has 0 rings (SSSR count). The number of unbranched alkanes of at least 4 members (excludes halogenated alkanes) is 32. The molecule has 0 aromatic heterocycles. The fourth-order valence-electron chi connectivity index (χ4n) is 11.1. The van der Waals surface area contributed by atoms with Crippen LogP contribution in [0.3, 0.4) is 0 Å². The molecule has 0 saturated heterocycles. The highest BCUT2D eigenvalue weighted by molar-refractivity contribution is 7.47. The van der Waals surface area contributed by atoms with Crippen LogP contribution >= 0.6 is 15.6 Å². The van der Waals surface area contributed by atoms with Gasteiger partial charge in [0.05, 0.1) is 26.4 Å². The molecule has 0 radical (unpaired) electrons. The molecule has 0 amide bonds. The molecule has 17 nitrogen and oxygen atoms in total. The lowest BCUT2D eigenvalue weighted by Crippen LogP contribution is -2.30. The maximum absolute atomic E-state index is 13.1. The molecule has 0 aliphatic heterocycles. The fourth-order valence-corrected chi connectivity index (χ4v) is 12.7. The summed E-state index contributed by atoms with van der Waals surface area (Å²) >= 11 is 0. The van der Waals surface area contributed by atoms with E-state index in [2.05, 4.69) is 149 Å². The number of phosphoric ester groups is 2. The number of rotatable bonds is 78. The number of aliphatic hydroxyl groups excluding tert-OH is 1. The van der Waals surface area contributed by atoms with Gasteiger partial charge in [-0.2, -0.15) is 0 Å². The molecular formula is C87H150O17P2. The van der Waals surface area contributed by atoms with E-state index in [0.717, 1.165) is 186 Å². The number of aliphatic hydroxyl groups is 1. The van der Waals surface area contributed by atoms with E-state index in [4.69, 9.17) is 37.0 Å². The highest BCUT2D eigenvalue weighted by Gasteiger charge is 2.30. The van der Waals surface area contributed by atoms with Crippen LogP contribution in [0.1, 0.15) is 349 Å². The summed E-state index contributed by atoms with van der Waals surface area (Å²) < 4.78 is 68.7. The Morgan fingerprint density at radius 2 is 0.491 bits per heavy atom. The van der Waals surface area contributed by atoms with Crippen LogP contribution in [0.5, 0.6) is 0 Å². The van der Waals surface area contributed by atoms with E-state index in [9.17, 15) is 43.2 Å². The topological polar surface area (TPSA) is 237 Å². The predicted molar refractivity (Wildman–Crippen MR) is 436 cm³/mol. The van der Waals surface area contributed by atoms with Gasteiger partial charge in [0.15, 0.2) is 12.2 Å². The molecule has 610 valence electrons. The van der Waals surface area contributed by atoms with Crippen molar-refractivity contribution in [2.75, 3.05) is 39.6 Å². The van der Waals surface area contributed by atoms with Crippen molar-refractivity contribution in [3.05, 3.63) is 122 Å². The summed E-state index contributed by atoms with van der Waals surface area (Å²) in [6.45, 7) is 4.61. The third kappa shape index (κ3) is 77.6. The molecule has 0 saturated carbocycles. The molecule has 0 bridgehead atoms. The summed E-state index contributed by atoms with van der Waals surface area (Å²) in [5, 5.41) is 10.7.